The van der Waals surface area contributed by atoms with Crippen molar-refractivity contribution < 1.29 is 4.74 Å². The normalized spacial score (nSPS) is 19.1. The lowest BCUT2D eigenvalue weighted by molar-refractivity contribution is 0.262. The first-order valence-electron chi connectivity index (χ1n) is 7.54. The molecule has 1 aromatic carbocycles. The topological polar surface area (TPSA) is 59.6 Å². The molecule has 0 saturated carbocycles. The van der Waals surface area contributed by atoms with Gasteiger partial charge in [0.1, 0.15) is 5.75 Å². The van der Waals surface area contributed by atoms with E-state index in [9.17, 15) is 0 Å². The zero-order valence-corrected chi connectivity index (χ0v) is 13.5. The predicted octanol–water partition coefficient (Wildman–Crippen LogP) is 3.28. The number of fused-ring (bicyclic) bond motifs is 1. The third-order valence-electron chi connectivity index (χ3n) is 3.93. The number of hydrogen-bond donors (Lipinski definition) is 2. The Labute approximate surface area is 135 Å². The summed E-state index contributed by atoms with van der Waals surface area (Å²) in [5.74, 6) is 1.82. The maximum Gasteiger partial charge on any atom is 0.189 e. The molecule has 0 amide bonds. The summed E-state index contributed by atoms with van der Waals surface area (Å²) in [7, 11) is 0. The van der Waals surface area contributed by atoms with Crippen molar-refractivity contribution in [1.82, 2.24) is 5.32 Å². The standard InChI is InChI=1S/C17H21N3OS/c1-12(13-7-9-22-11-13)10-19-17(18)20-15-6-8-21-16-5-3-2-4-14(15)16/h2-5,7,9,11-12,15H,6,8,10H2,1H3,(H3,18,19,20). The average molecular weight is 315 g/mol. The van der Waals surface area contributed by atoms with Crippen LogP contribution in [-0.2, 0) is 0 Å². The number of guanidine groups is 1. The fourth-order valence-corrected chi connectivity index (χ4v) is 3.39. The van der Waals surface area contributed by atoms with E-state index in [-0.39, 0.29) is 6.04 Å². The van der Waals surface area contributed by atoms with Crippen molar-refractivity contribution in [3.8, 4) is 5.75 Å². The van der Waals surface area contributed by atoms with Crippen molar-refractivity contribution in [3.05, 3.63) is 52.2 Å². The molecule has 0 spiro atoms. The fourth-order valence-electron chi connectivity index (χ4n) is 2.61. The third-order valence-corrected chi connectivity index (χ3v) is 4.63. The Balaban J connectivity index is 1.62. The van der Waals surface area contributed by atoms with Gasteiger partial charge in [0.05, 0.1) is 12.6 Å². The summed E-state index contributed by atoms with van der Waals surface area (Å²) in [5, 5.41) is 7.58. The number of benzene rings is 1. The highest BCUT2D eigenvalue weighted by atomic mass is 32.1. The maximum atomic E-state index is 6.06. The number of thiophene rings is 1. The van der Waals surface area contributed by atoms with E-state index in [2.05, 4.69) is 40.1 Å². The van der Waals surface area contributed by atoms with Gasteiger partial charge in [0.25, 0.3) is 0 Å². The van der Waals surface area contributed by atoms with E-state index in [1.54, 1.807) is 11.3 Å². The molecule has 0 aliphatic carbocycles. The van der Waals surface area contributed by atoms with Crippen LogP contribution in [0.25, 0.3) is 0 Å². The Kier molecular flexibility index (Phi) is 4.63. The molecule has 2 aromatic rings. The molecule has 3 rings (SSSR count). The highest BCUT2D eigenvalue weighted by molar-refractivity contribution is 7.07. The van der Waals surface area contributed by atoms with E-state index in [4.69, 9.17) is 10.5 Å². The Bertz CT molecular complexity index is 639. The number of nitrogens with two attached hydrogens (primary N) is 1. The van der Waals surface area contributed by atoms with E-state index in [1.807, 2.05) is 18.2 Å². The molecule has 4 nitrogen and oxygen atoms in total. The molecular weight excluding hydrogens is 294 g/mol. The van der Waals surface area contributed by atoms with E-state index in [1.165, 1.54) is 5.56 Å². The summed E-state index contributed by atoms with van der Waals surface area (Å²) in [5.41, 5.74) is 8.53. The molecule has 3 N–H and O–H groups in total. The van der Waals surface area contributed by atoms with Gasteiger partial charge in [-0.05, 0) is 28.5 Å². The summed E-state index contributed by atoms with van der Waals surface area (Å²) in [6.07, 6.45) is 0.896. The molecule has 0 radical (unpaired) electrons. The second-order valence-corrected chi connectivity index (χ2v) is 6.34. The first-order chi connectivity index (χ1) is 10.7. The van der Waals surface area contributed by atoms with Gasteiger partial charge in [-0.2, -0.15) is 11.3 Å². The molecule has 0 fully saturated rings. The first kappa shape index (κ1) is 14.9. The molecule has 1 aromatic heterocycles. The van der Waals surface area contributed by atoms with E-state index < -0.39 is 0 Å². The maximum absolute atomic E-state index is 6.06. The molecule has 116 valence electrons. The Morgan fingerprint density at radius 3 is 3.14 bits per heavy atom. The lowest BCUT2D eigenvalue weighted by Gasteiger charge is -2.27. The summed E-state index contributed by atoms with van der Waals surface area (Å²) in [4.78, 5) is 4.49. The number of para-hydroxylation sites is 1. The second-order valence-electron chi connectivity index (χ2n) is 5.56. The highest BCUT2D eigenvalue weighted by Gasteiger charge is 2.21. The Morgan fingerprint density at radius 2 is 2.32 bits per heavy atom. The highest BCUT2D eigenvalue weighted by Crippen LogP contribution is 2.31. The minimum Gasteiger partial charge on any atom is -0.493 e. The van der Waals surface area contributed by atoms with Gasteiger partial charge >= 0.3 is 0 Å². The van der Waals surface area contributed by atoms with Gasteiger partial charge in [-0.15, -0.1) is 0 Å². The number of hydrogen-bond acceptors (Lipinski definition) is 3. The van der Waals surface area contributed by atoms with E-state index in [0.29, 0.717) is 25.0 Å². The number of ether oxygens (including phenoxy) is 1. The lowest BCUT2D eigenvalue weighted by Crippen LogP contribution is -2.37. The minimum atomic E-state index is 0.171. The van der Waals surface area contributed by atoms with Crippen molar-refractivity contribution in [1.29, 1.82) is 0 Å². The zero-order chi connectivity index (χ0) is 15.4. The molecule has 2 unspecified atom stereocenters. The number of nitrogens with zero attached hydrogens (tertiary/aromatic N) is 1. The zero-order valence-electron chi connectivity index (χ0n) is 12.7. The number of rotatable bonds is 4. The van der Waals surface area contributed by atoms with E-state index >= 15 is 0 Å². The predicted molar refractivity (Wildman–Crippen MR) is 91.7 cm³/mol. The molecule has 0 bridgehead atoms. The molecule has 2 atom stereocenters. The van der Waals surface area contributed by atoms with Crippen LogP contribution in [0.15, 0.2) is 46.1 Å². The van der Waals surface area contributed by atoms with E-state index in [0.717, 1.165) is 17.7 Å². The van der Waals surface area contributed by atoms with Crippen LogP contribution in [0.4, 0.5) is 0 Å². The van der Waals surface area contributed by atoms with Crippen LogP contribution in [0, 0.1) is 0 Å². The summed E-state index contributed by atoms with van der Waals surface area (Å²) < 4.78 is 5.66. The van der Waals surface area contributed by atoms with Crippen molar-refractivity contribution in [2.75, 3.05) is 13.2 Å². The van der Waals surface area contributed by atoms with Crippen LogP contribution >= 0.6 is 11.3 Å². The number of nitrogens with one attached hydrogen (secondary N) is 1. The van der Waals surface area contributed by atoms with Gasteiger partial charge in [-0.1, -0.05) is 25.1 Å². The van der Waals surface area contributed by atoms with Gasteiger partial charge in [-0.3, -0.25) is 4.99 Å². The van der Waals surface area contributed by atoms with Crippen molar-refractivity contribution >= 4 is 17.3 Å². The van der Waals surface area contributed by atoms with Crippen LogP contribution in [0.3, 0.4) is 0 Å². The van der Waals surface area contributed by atoms with Crippen LogP contribution < -0.4 is 15.8 Å². The molecule has 1 aliphatic rings. The molecular formula is C17H21N3OS. The van der Waals surface area contributed by atoms with Crippen LogP contribution in [-0.4, -0.2) is 19.1 Å². The Hall–Kier alpha value is -2.01. The van der Waals surface area contributed by atoms with Crippen LogP contribution in [0.2, 0.25) is 0 Å². The van der Waals surface area contributed by atoms with Gasteiger partial charge in [0.2, 0.25) is 0 Å². The summed E-state index contributed by atoms with van der Waals surface area (Å²) in [6.45, 7) is 3.57. The van der Waals surface area contributed by atoms with Crippen LogP contribution in [0.1, 0.15) is 36.4 Å². The lowest BCUT2D eigenvalue weighted by atomic mass is 10.0. The largest absolute Gasteiger partial charge is 0.493 e. The number of aliphatic imine (C=N–C) groups is 1. The van der Waals surface area contributed by atoms with Gasteiger partial charge in [0.15, 0.2) is 5.96 Å². The van der Waals surface area contributed by atoms with Crippen molar-refractivity contribution in [2.24, 2.45) is 10.7 Å². The third kappa shape index (κ3) is 3.42. The second kappa shape index (κ2) is 6.83. The summed E-state index contributed by atoms with van der Waals surface area (Å²) in [6, 6.07) is 10.4. The Morgan fingerprint density at radius 1 is 1.45 bits per heavy atom. The fraction of sp³-hybridized carbons (Fsp3) is 0.353. The molecule has 5 heteroatoms. The quantitative estimate of drug-likeness (QED) is 0.672. The first-order valence-corrected chi connectivity index (χ1v) is 8.48. The van der Waals surface area contributed by atoms with Gasteiger partial charge in [0, 0.05) is 24.4 Å². The molecule has 1 aliphatic heterocycles. The molecule has 22 heavy (non-hydrogen) atoms. The molecule has 0 saturated heterocycles. The van der Waals surface area contributed by atoms with Crippen LogP contribution in [0.5, 0.6) is 5.75 Å². The van der Waals surface area contributed by atoms with Crippen molar-refractivity contribution in [2.45, 2.75) is 25.3 Å². The summed E-state index contributed by atoms with van der Waals surface area (Å²) >= 11 is 1.71. The van der Waals surface area contributed by atoms with Gasteiger partial charge in [-0.25, -0.2) is 0 Å². The average Bonchev–Trinajstić information content (AvgIpc) is 3.07. The monoisotopic (exact) mass is 315 g/mol. The van der Waals surface area contributed by atoms with Gasteiger partial charge < -0.3 is 15.8 Å². The minimum absolute atomic E-state index is 0.171. The molecule has 2 heterocycles. The van der Waals surface area contributed by atoms with Crippen molar-refractivity contribution in [3.63, 3.8) is 0 Å². The smallest absolute Gasteiger partial charge is 0.189 e. The SMILES string of the molecule is CC(CN=C(N)NC1CCOc2ccccc21)c1ccsc1.